The van der Waals surface area contributed by atoms with Crippen LogP contribution >= 0.6 is 22.9 Å². The van der Waals surface area contributed by atoms with Crippen LogP contribution in [0.5, 0.6) is 0 Å². The number of nitrogens with one attached hydrogen (secondary N) is 1. The first kappa shape index (κ1) is 18.4. The van der Waals surface area contributed by atoms with Gasteiger partial charge in [-0.3, -0.25) is 4.79 Å². The number of hydrogen-bond acceptors (Lipinski definition) is 6. The second kappa shape index (κ2) is 7.58. The van der Waals surface area contributed by atoms with Crippen molar-refractivity contribution in [2.75, 3.05) is 25.1 Å². The number of ether oxygens (including phenoxy) is 1. The number of hydrogen-bond donors (Lipinski definition) is 1. The van der Waals surface area contributed by atoms with Crippen LogP contribution in [-0.4, -0.2) is 34.4 Å². The molecule has 3 heterocycles. The fourth-order valence-corrected chi connectivity index (χ4v) is 4.43. The number of halogens is 1. The Morgan fingerprint density at radius 2 is 2.04 bits per heavy atom. The highest BCUT2D eigenvalue weighted by atomic mass is 35.5. The average Bonchev–Trinajstić information content (AvgIpc) is 3.11. The fraction of sp³-hybridized carbons (Fsp3) is 0.421. The molecule has 27 heavy (non-hydrogen) atoms. The fourth-order valence-electron chi connectivity index (χ4n) is 3.49. The Morgan fingerprint density at radius 3 is 2.74 bits per heavy atom. The molecule has 0 unspecified atom stereocenters. The maximum Gasteiger partial charge on any atom is 0.275 e. The Bertz CT molecular complexity index is 993. The van der Waals surface area contributed by atoms with Gasteiger partial charge in [0.1, 0.15) is 0 Å². The van der Waals surface area contributed by atoms with E-state index in [1.54, 1.807) is 6.07 Å². The number of benzene rings is 1. The monoisotopic (exact) mass is 404 g/mol. The van der Waals surface area contributed by atoms with Crippen LogP contribution in [0, 0.1) is 0 Å². The van der Waals surface area contributed by atoms with Crippen molar-refractivity contribution >= 4 is 33.0 Å². The second-order valence-corrected chi connectivity index (χ2v) is 8.19. The van der Waals surface area contributed by atoms with Crippen LogP contribution in [-0.2, 0) is 16.6 Å². The lowest BCUT2D eigenvalue weighted by Gasteiger charge is -2.38. The molecule has 8 heteroatoms. The Balaban J connectivity index is 1.61. The van der Waals surface area contributed by atoms with Gasteiger partial charge in [-0.1, -0.05) is 42.0 Å². The van der Waals surface area contributed by atoms with Gasteiger partial charge in [-0.15, -0.1) is 5.10 Å². The van der Waals surface area contributed by atoms with Gasteiger partial charge in [0.05, 0.1) is 0 Å². The lowest BCUT2D eigenvalue weighted by molar-refractivity contribution is 0.0544. The van der Waals surface area contributed by atoms with Gasteiger partial charge in [0, 0.05) is 42.0 Å². The lowest BCUT2D eigenvalue weighted by Crippen LogP contribution is -2.40. The number of aromatic nitrogens is 3. The van der Waals surface area contributed by atoms with Crippen molar-refractivity contribution in [2.24, 2.45) is 0 Å². The molecule has 4 rings (SSSR count). The van der Waals surface area contributed by atoms with E-state index in [1.807, 2.05) is 19.1 Å². The molecule has 1 fully saturated rings. The summed E-state index contributed by atoms with van der Waals surface area (Å²) < 4.78 is 6.96. The van der Waals surface area contributed by atoms with Crippen molar-refractivity contribution in [3.63, 3.8) is 0 Å². The smallest absolute Gasteiger partial charge is 0.275 e. The maximum atomic E-state index is 12.2. The first-order chi connectivity index (χ1) is 13.1. The third-order valence-electron chi connectivity index (χ3n) is 5.14. The summed E-state index contributed by atoms with van der Waals surface area (Å²) in [6.07, 6.45) is 2.57. The van der Waals surface area contributed by atoms with E-state index in [9.17, 15) is 4.79 Å². The molecule has 0 radical (unpaired) electrons. The topological polar surface area (TPSA) is 68.5 Å². The minimum absolute atomic E-state index is 0.0480. The molecule has 1 aromatic carbocycles. The second-order valence-electron chi connectivity index (χ2n) is 6.79. The number of aryl methyl sites for hydroxylation is 1. The van der Waals surface area contributed by atoms with E-state index in [-0.39, 0.29) is 11.0 Å². The summed E-state index contributed by atoms with van der Waals surface area (Å²) in [5.41, 5.74) is 1.84. The van der Waals surface area contributed by atoms with E-state index >= 15 is 0 Å². The van der Waals surface area contributed by atoms with Gasteiger partial charge < -0.3 is 10.1 Å². The highest BCUT2D eigenvalue weighted by Gasteiger charge is 2.34. The third kappa shape index (κ3) is 3.72. The van der Waals surface area contributed by atoms with Gasteiger partial charge >= 0.3 is 0 Å². The van der Waals surface area contributed by atoms with Crippen molar-refractivity contribution < 1.29 is 4.74 Å². The third-order valence-corrected chi connectivity index (χ3v) is 6.26. The van der Waals surface area contributed by atoms with E-state index in [4.69, 9.17) is 16.3 Å². The summed E-state index contributed by atoms with van der Waals surface area (Å²) >= 11 is 7.47. The van der Waals surface area contributed by atoms with Crippen LogP contribution in [0.2, 0.25) is 5.02 Å². The predicted octanol–water partition coefficient (Wildman–Crippen LogP) is 3.53. The SMILES string of the molecule is CCc1cc(=O)n2nc(NCC3(c4ccc(Cl)cc4)CCOCC3)sc2n1. The average molecular weight is 405 g/mol. The quantitative estimate of drug-likeness (QED) is 0.704. The molecule has 142 valence electrons. The molecule has 3 aromatic rings. The molecule has 0 aliphatic carbocycles. The van der Waals surface area contributed by atoms with Crippen LogP contribution in [0.4, 0.5) is 5.13 Å². The van der Waals surface area contributed by atoms with Crippen molar-refractivity contribution in [3.8, 4) is 0 Å². The van der Waals surface area contributed by atoms with Crippen LogP contribution in [0.15, 0.2) is 35.1 Å². The summed E-state index contributed by atoms with van der Waals surface area (Å²) in [7, 11) is 0. The predicted molar refractivity (Wildman–Crippen MR) is 108 cm³/mol. The largest absolute Gasteiger partial charge is 0.381 e. The Morgan fingerprint density at radius 1 is 1.30 bits per heavy atom. The van der Waals surface area contributed by atoms with E-state index in [0.717, 1.165) is 43.2 Å². The number of nitrogens with zero attached hydrogens (tertiary/aromatic N) is 3. The van der Waals surface area contributed by atoms with Gasteiger partial charge in [0.25, 0.3) is 5.56 Å². The normalized spacial score (nSPS) is 16.5. The van der Waals surface area contributed by atoms with Gasteiger partial charge in [-0.2, -0.15) is 4.52 Å². The van der Waals surface area contributed by atoms with Crippen molar-refractivity contribution in [1.82, 2.24) is 14.6 Å². The lowest BCUT2D eigenvalue weighted by atomic mass is 9.74. The van der Waals surface area contributed by atoms with Crippen molar-refractivity contribution in [1.29, 1.82) is 0 Å². The molecule has 1 aliphatic rings. The van der Waals surface area contributed by atoms with Gasteiger partial charge in [-0.05, 0) is 37.0 Å². The zero-order valence-corrected chi connectivity index (χ0v) is 16.6. The van der Waals surface area contributed by atoms with Gasteiger partial charge in [0.2, 0.25) is 10.1 Å². The molecule has 2 aromatic heterocycles. The summed E-state index contributed by atoms with van der Waals surface area (Å²) in [5, 5.41) is 9.28. The molecular weight excluding hydrogens is 384 g/mol. The van der Waals surface area contributed by atoms with Gasteiger partial charge in [0.15, 0.2) is 0 Å². The van der Waals surface area contributed by atoms with Crippen LogP contribution in [0.25, 0.3) is 4.96 Å². The first-order valence-corrected chi connectivity index (χ1v) is 10.3. The molecule has 1 aliphatic heterocycles. The Hall–Kier alpha value is -1.96. The van der Waals surface area contributed by atoms with E-state index in [0.29, 0.717) is 16.6 Å². The molecule has 1 N–H and O–H groups in total. The molecule has 0 amide bonds. The summed E-state index contributed by atoms with van der Waals surface area (Å²) in [4.78, 5) is 17.3. The Labute approximate surface area is 166 Å². The minimum Gasteiger partial charge on any atom is -0.381 e. The highest BCUT2D eigenvalue weighted by molar-refractivity contribution is 7.20. The molecule has 0 spiro atoms. The van der Waals surface area contributed by atoms with Crippen LogP contribution in [0.3, 0.4) is 0 Å². The highest BCUT2D eigenvalue weighted by Crippen LogP contribution is 2.36. The van der Waals surface area contributed by atoms with E-state index in [1.165, 1.54) is 21.4 Å². The zero-order chi connectivity index (χ0) is 18.9. The van der Waals surface area contributed by atoms with E-state index in [2.05, 4.69) is 27.5 Å². The molecule has 0 saturated carbocycles. The van der Waals surface area contributed by atoms with Crippen LogP contribution < -0.4 is 10.9 Å². The van der Waals surface area contributed by atoms with Crippen molar-refractivity contribution in [2.45, 2.75) is 31.6 Å². The number of anilines is 1. The molecule has 6 nitrogen and oxygen atoms in total. The molecule has 1 saturated heterocycles. The Kier molecular flexibility index (Phi) is 5.16. The number of rotatable bonds is 5. The zero-order valence-electron chi connectivity index (χ0n) is 15.1. The first-order valence-electron chi connectivity index (χ1n) is 9.07. The molecular formula is C19H21ClN4O2S. The number of fused-ring (bicyclic) bond motifs is 1. The molecule has 0 atom stereocenters. The van der Waals surface area contributed by atoms with E-state index < -0.39 is 0 Å². The minimum atomic E-state index is -0.139. The standard InChI is InChI=1S/C19H21ClN4O2S/c1-2-15-11-16(25)24-18(22-15)27-17(23-24)21-12-19(7-9-26-10-8-19)13-3-5-14(20)6-4-13/h3-6,11H,2,7-10,12H2,1H3,(H,21,23). The maximum absolute atomic E-state index is 12.2. The van der Waals surface area contributed by atoms with Crippen molar-refractivity contribution in [3.05, 3.63) is 57.0 Å². The summed E-state index contributed by atoms with van der Waals surface area (Å²) in [6, 6.07) is 9.59. The van der Waals surface area contributed by atoms with Gasteiger partial charge in [-0.25, -0.2) is 4.98 Å². The van der Waals surface area contributed by atoms with Crippen LogP contribution in [0.1, 0.15) is 31.0 Å². The molecule has 0 bridgehead atoms. The summed E-state index contributed by atoms with van der Waals surface area (Å²) in [6.45, 7) is 4.16. The summed E-state index contributed by atoms with van der Waals surface area (Å²) in [5.74, 6) is 0.